The Labute approximate surface area is 230 Å². The van der Waals surface area contributed by atoms with Gasteiger partial charge in [-0.15, -0.1) is 11.3 Å². The number of thiophene rings is 1. The van der Waals surface area contributed by atoms with Crippen molar-refractivity contribution in [3.8, 4) is 34.0 Å². The molecule has 0 saturated carbocycles. The third kappa shape index (κ3) is 5.69. The van der Waals surface area contributed by atoms with E-state index in [-0.39, 0.29) is 18.6 Å². The molecule has 9 heteroatoms. The number of amides is 1. The Balaban J connectivity index is 1.49. The van der Waals surface area contributed by atoms with Crippen LogP contribution >= 0.6 is 11.3 Å². The van der Waals surface area contributed by atoms with Crippen LogP contribution in [0.3, 0.4) is 0 Å². The minimum absolute atomic E-state index is 0.156. The normalized spacial score (nSPS) is 13.4. The maximum Gasteiger partial charge on any atom is 0.410 e. The second kappa shape index (κ2) is 10.8. The number of rotatable bonds is 6. The number of hydrogen-bond acceptors (Lipinski definition) is 7. The van der Waals surface area contributed by atoms with E-state index in [9.17, 15) is 14.3 Å². The highest BCUT2D eigenvalue weighted by molar-refractivity contribution is 7.18. The number of aromatic nitrogens is 1. The second-order valence-corrected chi connectivity index (χ2v) is 11.4. The molecule has 4 aromatic rings. The van der Waals surface area contributed by atoms with Gasteiger partial charge < -0.3 is 24.2 Å². The zero-order valence-corrected chi connectivity index (χ0v) is 23.2. The largest absolute Gasteiger partial charge is 0.493 e. The molecular weight excluding hydrogens is 519 g/mol. The van der Waals surface area contributed by atoms with Gasteiger partial charge in [-0.3, -0.25) is 0 Å². The number of pyridine rings is 1. The summed E-state index contributed by atoms with van der Waals surface area (Å²) >= 11 is 1.48. The van der Waals surface area contributed by atoms with Gasteiger partial charge in [0.05, 0.1) is 17.9 Å². The SMILES string of the molecule is COCCOc1cc(F)ccc1-c1c(O)nc(-c2ccc3c(c2)CCN(C(=O)OC(C)(C)C)C3)c2ccsc12. The third-order valence-corrected chi connectivity index (χ3v) is 7.42. The predicted molar refractivity (Wildman–Crippen MR) is 150 cm³/mol. The molecule has 204 valence electrons. The molecular formula is C30H31FN2O5S. The fourth-order valence-electron chi connectivity index (χ4n) is 4.72. The van der Waals surface area contributed by atoms with Gasteiger partial charge in [-0.05, 0) is 68.0 Å². The molecule has 0 fully saturated rings. The Morgan fingerprint density at radius 1 is 1.13 bits per heavy atom. The van der Waals surface area contributed by atoms with Crippen LogP contribution in [0.25, 0.3) is 32.5 Å². The van der Waals surface area contributed by atoms with Crippen molar-refractivity contribution < 1.29 is 28.5 Å². The monoisotopic (exact) mass is 550 g/mol. The average molecular weight is 551 g/mol. The lowest BCUT2D eigenvalue weighted by atomic mass is 9.95. The summed E-state index contributed by atoms with van der Waals surface area (Å²) in [6, 6.07) is 12.3. The van der Waals surface area contributed by atoms with Crippen molar-refractivity contribution in [1.82, 2.24) is 9.88 Å². The van der Waals surface area contributed by atoms with E-state index in [4.69, 9.17) is 14.2 Å². The zero-order valence-electron chi connectivity index (χ0n) is 22.4. The van der Waals surface area contributed by atoms with Crippen molar-refractivity contribution in [3.63, 3.8) is 0 Å². The Hall–Kier alpha value is -3.69. The Kier molecular flexibility index (Phi) is 7.46. The molecule has 2 aromatic carbocycles. The van der Waals surface area contributed by atoms with Crippen LogP contribution in [0.15, 0.2) is 47.8 Å². The standard InChI is InChI=1S/C30H31FN2O5S/c1-30(2,3)38-29(35)33-11-9-18-15-19(5-6-20(18)17-33)26-23-10-14-39-27(23)25(28(34)32-26)22-8-7-21(31)16-24(22)37-13-12-36-4/h5-8,10,14-16H,9,11-13,17H2,1-4H3,(H,32,34). The van der Waals surface area contributed by atoms with E-state index in [0.29, 0.717) is 48.7 Å². The predicted octanol–water partition coefficient (Wildman–Crippen LogP) is 6.79. The minimum atomic E-state index is -0.544. The molecule has 0 spiro atoms. The molecule has 0 saturated heterocycles. The number of nitrogens with zero attached hydrogens (tertiary/aromatic N) is 2. The van der Waals surface area contributed by atoms with E-state index in [2.05, 4.69) is 11.1 Å². The van der Waals surface area contributed by atoms with Crippen LogP contribution in [0.4, 0.5) is 9.18 Å². The molecule has 3 heterocycles. The quantitative estimate of drug-likeness (QED) is 0.266. The number of aromatic hydroxyl groups is 1. The Morgan fingerprint density at radius 3 is 2.72 bits per heavy atom. The summed E-state index contributed by atoms with van der Waals surface area (Å²) in [5.41, 5.74) is 4.24. The van der Waals surface area contributed by atoms with E-state index in [1.165, 1.54) is 23.5 Å². The number of benzene rings is 2. The van der Waals surface area contributed by atoms with Crippen LogP contribution in [0.2, 0.25) is 0 Å². The van der Waals surface area contributed by atoms with Crippen molar-refractivity contribution in [2.45, 2.75) is 39.3 Å². The van der Waals surface area contributed by atoms with Crippen LogP contribution in [-0.4, -0.2) is 53.6 Å². The highest BCUT2D eigenvalue weighted by atomic mass is 32.1. The van der Waals surface area contributed by atoms with Crippen LogP contribution in [0, 0.1) is 5.82 Å². The van der Waals surface area contributed by atoms with Gasteiger partial charge in [0.2, 0.25) is 5.88 Å². The fourth-order valence-corrected chi connectivity index (χ4v) is 5.67. The first-order valence-corrected chi connectivity index (χ1v) is 13.6. The van der Waals surface area contributed by atoms with Gasteiger partial charge in [0.15, 0.2) is 0 Å². The summed E-state index contributed by atoms with van der Waals surface area (Å²) < 4.78 is 31.3. The van der Waals surface area contributed by atoms with Crippen molar-refractivity contribution in [2.24, 2.45) is 0 Å². The molecule has 1 aliphatic heterocycles. The lowest BCUT2D eigenvalue weighted by Crippen LogP contribution is -2.39. The molecule has 0 atom stereocenters. The first-order chi connectivity index (χ1) is 18.6. The average Bonchev–Trinajstić information content (AvgIpc) is 3.37. The number of halogens is 1. The lowest BCUT2D eigenvalue weighted by Gasteiger charge is -2.31. The van der Waals surface area contributed by atoms with Crippen molar-refractivity contribution in [3.05, 3.63) is 64.8 Å². The number of ether oxygens (including phenoxy) is 3. The van der Waals surface area contributed by atoms with Crippen LogP contribution < -0.4 is 4.74 Å². The molecule has 1 N–H and O–H groups in total. The molecule has 0 unspecified atom stereocenters. The van der Waals surface area contributed by atoms with Gasteiger partial charge in [-0.25, -0.2) is 14.2 Å². The van der Waals surface area contributed by atoms with Gasteiger partial charge in [0.1, 0.15) is 23.8 Å². The summed E-state index contributed by atoms with van der Waals surface area (Å²) in [4.78, 5) is 18.9. The lowest BCUT2D eigenvalue weighted by molar-refractivity contribution is 0.0224. The van der Waals surface area contributed by atoms with E-state index < -0.39 is 11.4 Å². The summed E-state index contributed by atoms with van der Waals surface area (Å²) in [5, 5.41) is 14.0. The van der Waals surface area contributed by atoms with Crippen LogP contribution in [0.5, 0.6) is 11.6 Å². The molecule has 1 aliphatic rings. The van der Waals surface area contributed by atoms with Crippen LogP contribution in [-0.2, 0) is 22.4 Å². The summed E-state index contributed by atoms with van der Waals surface area (Å²) in [6.45, 7) is 7.21. The highest BCUT2D eigenvalue weighted by Gasteiger charge is 2.27. The zero-order chi connectivity index (χ0) is 27.7. The molecule has 39 heavy (non-hydrogen) atoms. The molecule has 0 radical (unpaired) electrons. The van der Waals surface area contributed by atoms with Gasteiger partial charge in [-0.2, -0.15) is 0 Å². The van der Waals surface area contributed by atoms with E-state index in [1.54, 1.807) is 18.1 Å². The third-order valence-electron chi connectivity index (χ3n) is 6.49. The summed E-state index contributed by atoms with van der Waals surface area (Å²) in [6.07, 6.45) is 0.377. The number of fused-ring (bicyclic) bond motifs is 2. The van der Waals surface area contributed by atoms with Crippen molar-refractivity contribution in [1.29, 1.82) is 0 Å². The number of carbonyl (C=O) groups excluding carboxylic acids is 1. The van der Waals surface area contributed by atoms with Gasteiger partial charge in [0.25, 0.3) is 0 Å². The molecule has 0 bridgehead atoms. The van der Waals surface area contributed by atoms with E-state index >= 15 is 0 Å². The van der Waals surface area contributed by atoms with Crippen LogP contribution in [0.1, 0.15) is 31.9 Å². The maximum atomic E-state index is 14.1. The van der Waals surface area contributed by atoms with Crippen molar-refractivity contribution >= 4 is 27.5 Å². The Bertz CT molecular complexity index is 1530. The topological polar surface area (TPSA) is 81.1 Å². The summed E-state index contributed by atoms with van der Waals surface area (Å²) in [7, 11) is 1.57. The molecule has 2 aromatic heterocycles. The van der Waals surface area contributed by atoms with E-state index in [1.807, 2.05) is 44.4 Å². The summed E-state index contributed by atoms with van der Waals surface area (Å²) in [5.74, 6) is -0.274. The molecule has 0 aliphatic carbocycles. The number of carbonyl (C=O) groups is 1. The van der Waals surface area contributed by atoms with Crippen molar-refractivity contribution in [2.75, 3.05) is 26.9 Å². The maximum absolute atomic E-state index is 14.1. The van der Waals surface area contributed by atoms with Gasteiger partial charge in [0, 0.05) is 47.5 Å². The second-order valence-electron chi connectivity index (χ2n) is 10.4. The number of hydrogen-bond donors (Lipinski definition) is 1. The van der Waals surface area contributed by atoms with Gasteiger partial charge >= 0.3 is 6.09 Å². The van der Waals surface area contributed by atoms with Gasteiger partial charge in [-0.1, -0.05) is 12.1 Å². The first-order valence-electron chi connectivity index (χ1n) is 12.8. The Morgan fingerprint density at radius 2 is 1.95 bits per heavy atom. The number of methoxy groups -OCH3 is 1. The highest BCUT2D eigenvalue weighted by Crippen LogP contribution is 2.45. The molecule has 5 rings (SSSR count). The first kappa shape index (κ1) is 26.9. The molecule has 1 amide bonds. The fraction of sp³-hybridized carbons (Fsp3) is 0.333. The molecule has 7 nitrogen and oxygen atoms in total. The van der Waals surface area contributed by atoms with E-state index in [0.717, 1.165) is 26.8 Å². The minimum Gasteiger partial charge on any atom is -0.493 e. The smallest absolute Gasteiger partial charge is 0.410 e.